The van der Waals surface area contributed by atoms with Crippen LogP contribution in [0.2, 0.25) is 10.0 Å². The molecule has 1 aliphatic heterocycles. The van der Waals surface area contributed by atoms with Gasteiger partial charge in [0.25, 0.3) is 17.7 Å². The molecule has 6 nitrogen and oxygen atoms in total. The van der Waals surface area contributed by atoms with Crippen LogP contribution in [-0.4, -0.2) is 40.1 Å². The molecule has 2 aromatic rings. The highest BCUT2D eigenvalue weighted by Crippen LogP contribution is 2.65. The minimum Gasteiger partial charge on any atom is -0.292 e. The number of hydrazine groups is 1. The van der Waals surface area contributed by atoms with Crippen LogP contribution in [0.5, 0.6) is 0 Å². The van der Waals surface area contributed by atoms with Crippen molar-refractivity contribution in [2.45, 2.75) is 6.42 Å². The number of imide groups is 1. The molecule has 8 heteroatoms. The van der Waals surface area contributed by atoms with E-state index >= 15 is 0 Å². The summed E-state index contributed by atoms with van der Waals surface area (Å²) in [5, 5.41) is 2.31. The topological polar surface area (TPSA) is 74.8 Å². The molecule has 1 saturated heterocycles. The van der Waals surface area contributed by atoms with E-state index in [1.54, 1.807) is 30.3 Å². The minimum absolute atomic E-state index is 0.00217. The Morgan fingerprint density at radius 3 is 2.12 bits per heavy atom. The molecule has 0 aromatic heterocycles. The zero-order chi connectivity index (χ0) is 23.7. The number of nitrogens with zero attached hydrogens (tertiary/aromatic N) is 2. The molecule has 3 fully saturated rings. The van der Waals surface area contributed by atoms with E-state index in [-0.39, 0.29) is 22.4 Å². The summed E-state index contributed by atoms with van der Waals surface area (Å²) >= 11 is 12.3. The molecule has 34 heavy (non-hydrogen) atoms. The molecular weight excluding hydrogens is 475 g/mol. The van der Waals surface area contributed by atoms with E-state index in [9.17, 15) is 19.2 Å². The van der Waals surface area contributed by atoms with Gasteiger partial charge >= 0.3 is 0 Å². The largest absolute Gasteiger partial charge is 0.292 e. The van der Waals surface area contributed by atoms with Crippen LogP contribution in [-0.2, 0) is 9.59 Å². The predicted octanol–water partition coefficient (Wildman–Crippen LogP) is 4.29. The molecule has 0 spiro atoms. The van der Waals surface area contributed by atoms with Gasteiger partial charge < -0.3 is 0 Å². The molecule has 6 atom stereocenters. The van der Waals surface area contributed by atoms with Crippen molar-refractivity contribution in [1.82, 2.24) is 10.0 Å². The van der Waals surface area contributed by atoms with Crippen molar-refractivity contribution >= 4 is 46.7 Å². The van der Waals surface area contributed by atoms with Gasteiger partial charge in [0.2, 0.25) is 0 Å². The molecule has 2 saturated carbocycles. The van der Waals surface area contributed by atoms with Gasteiger partial charge in [-0.2, -0.15) is 5.01 Å². The molecule has 1 heterocycles. The summed E-state index contributed by atoms with van der Waals surface area (Å²) in [6.07, 6.45) is 5.16. The van der Waals surface area contributed by atoms with Crippen LogP contribution in [0, 0.1) is 35.5 Å². The first kappa shape index (κ1) is 21.6. The van der Waals surface area contributed by atoms with Crippen LogP contribution in [0.1, 0.15) is 27.1 Å². The molecule has 172 valence electrons. The normalized spacial score (nSPS) is 30.2. The van der Waals surface area contributed by atoms with E-state index in [0.717, 1.165) is 16.4 Å². The molecule has 0 unspecified atom stereocenters. The Bertz CT molecular complexity index is 1240. The van der Waals surface area contributed by atoms with E-state index in [1.165, 1.54) is 18.2 Å². The van der Waals surface area contributed by atoms with Gasteiger partial charge in [-0.05, 0) is 48.3 Å². The molecule has 2 aromatic carbocycles. The van der Waals surface area contributed by atoms with Crippen molar-refractivity contribution in [2.24, 2.45) is 35.5 Å². The minimum atomic E-state index is -0.697. The number of halogens is 2. The first-order chi connectivity index (χ1) is 16.4. The van der Waals surface area contributed by atoms with Crippen LogP contribution in [0.4, 0.5) is 0 Å². The Labute approximate surface area is 206 Å². The van der Waals surface area contributed by atoms with Gasteiger partial charge in [-0.15, -0.1) is 0 Å². The summed E-state index contributed by atoms with van der Waals surface area (Å²) in [7, 11) is 0. The number of hydrogen-bond acceptors (Lipinski definition) is 4. The highest BCUT2D eigenvalue weighted by molar-refractivity contribution is 6.36. The Morgan fingerprint density at radius 2 is 1.53 bits per heavy atom. The average molecular weight is 495 g/mol. The Balaban J connectivity index is 1.39. The summed E-state index contributed by atoms with van der Waals surface area (Å²) in [4.78, 5) is 54.1. The van der Waals surface area contributed by atoms with Gasteiger partial charge in [-0.25, -0.2) is 5.01 Å². The van der Waals surface area contributed by atoms with E-state index in [2.05, 4.69) is 12.2 Å². The smallest absolute Gasteiger partial charge is 0.274 e. The first-order valence-electron chi connectivity index (χ1n) is 11.3. The van der Waals surface area contributed by atoms with Crippen molar-refractivity contribution in [3.8, 4) is 0 Å². The van der Waals surface area contributed by atoms with Gasteiger partial charge in [0, 0.05) is 10.6 Å². The predicted molar refractivity (Wildman–Crippen MR) is 125 cm³/mol. The van der Waals surface area contributed by atoms with Crippen LogP contribution in [0.3, 0.4) is 0 Å². The first-order valence-corrected chi connectivity index (χ1v) is 12.0. The Kier molecular flexibility index (Phi) is 4.94. The van der Waals surface area contributed by atoms with E-state index in [0.29, 0.717) is 22.4 Å². The summed E-state index contributed by atoms with van der Waals surface area (Å²) in [5.74, 6) is -2.05. The molecule has 5 aliphatic rings. The second kappa shape index (κ2) is 7.79. The number of hydrogen-bond donors (Lipinski definition) is 0. The second-order valence-electron chi connectivity index (χ2n) is 9.42. The maximum atomic E-state index is 13.7. The van der Waals surface area contributed by atoms with Gasteiger partial charge in [-0.1, -0.05) is 65.7 Å². The van der Waals surface area contributed by atoms with Gasteiger partial charge in [0.15, 0.2) is 5.78 Å². The third kappa shape index (κ3) is 3.16. The fraction of sp³-hybridized carbons (Fsp3) is 0.308. The van der Waals surface area contributed by atoms with Crippen molar-refractivity contribution < 1.29 is 19.2 Å². The molecule has 0 N–H and O–H groups in total. The number of rotatable bonds is 5. The van der Waals surface area contributed by atoms with Gasteiger partial charge in [-0.3, -0.25) is 19.2 Å². The van der Waals surface area contributed by atoms with Crippen molar-refractivity contribution in [3.63, 3.8) is 0 Å². The van der Waals surface area contributed by atoms with Gasteiger partial charge in [0.05, 0.1) is 22.4 Å². The lowest BCUT2D eigenvalue weighted by Gasteiger charge is -2.37. The van der Waals surface area contributed by atoms with Crippen molar-refractivity contribution in [1.29, 1.82) is 0 Å². The highest BCUT2D eigenvalue weighted by atomic mass is 35.5. The molecule has 3 amide bonds. The number of Topliss-reactive ketones (excluding diaryl/α,β-unsaturated/α-hetero) is 1. The summed E-state index contributed by atoms with van der Waals surface area (Å²) in [6, 6.07) is 12.8. The van der Waals surface area contributed by atoms with Crippen LogP contribution >= 0.6 is 23.2 Å². The lowest BCUT2D eigenvalue weighted by Crippen LogP contribution is -2.52. The van der Waals surface area contributed by atoms with E-state index in [4.69, 9.17) is 23.2 Å². The number of ketones is 1. The maximum absolute atomic E-state index is 13.7. The number of carbonyl (C=O) groups excluding carboxylic acids is 4. The van der Waals surface area contributed by atoms with E-state index < -0.39 is 41.9 Å². The SMILES string of the molecule is O=C(CN(C(=O)c1ccc(Cl)cc1Cl)N1C(=O)[C@@H]2[C@H]3C=C[C@@H]([C@@H]4C[C@@H]34)[C@@H]2C1=O)c1ccccc1. The third-order valence-corrected chi connectivity index (χ3v) is 8.21. The number of carbonyl (C=O) groups is 4. The number of amides is 3. The maximum Gasteiger partial charge on any atom is 0.274 e. The summed E-state index contributed by atoms with van der Waals surface area (Å²) in [5.41, 5.74) is 0.438. The lowest BCUT2D eigenvalue weighted by molar-refractivity contribution is -0.154. The molecule has 4 aliphatic carbocycles. The quantitative estimate of drug-likeness (QED) is 0.353. The van der Waals surface area contributed by atoms with Crippen molar-refractivity contribution in [2.75, 3.05) is 6.54 Å². The lowest BCUT2D eigenvalue weighted by atomic mass is 9.63. The summed E-state index contributed by atoms with van der Waals surface area (Å²) in [6.45, 7) is -0.464. The molecular formula is C26H20Cl2N2O4. The highest BCUT2D eigenvalue weighted by Gasteiger charge is 2.68. The third-order valence-electron chi connectivity index (χ3n) is 7.67. The average Bonchev–Trinajstić information content (AvgIpc) is 3.61. The standard InChI is InChI=1S/C26H20Cl2N2O4/c27-14-6-7-17(20(28)10-14)24(32)29(12-21(31)13-4-2-1-3-5-13)30-25(33)22-15-8-9-16(19-11-18(15)19)23(22)26(30)34/h1-10,15-16,18-19,22-23H,11-12H2/t15-,16-,18-,19-,22-,23+/m0/s1. The summed E-state index contributed by atoms with van der Waals surface area (Å²) < 4.78 is 0. The molecule has 0 radical (unpaired) electrons. The number of allylic oxidation sites excluding steroid dienone is 2. The molecule has 2 bridgehead atoms. The Morgan fingerprint density at radius 1 is 0.912 bits per heavy atom. The van der Waals surface area contributed by atoms with E-state index in [1.807, 2.05) is 0 Å². The fourth-order valence-corrected chi connectivity index (χ4v) is 6.56. The van der Waals surface area contributed by atoms with Crippen LogP contribution in [0.25, 0.3) is 0 Å². The Hall–Kier alpha value is -2.96. The van der Waals surface area contributed by atoms with Crippen LogP contribution in [0.15, 0.2) is 60.7 Å². The molecule has 7 rings (SSSR count). The fourth-order valence-electron chi connectivity index (χ4n) is 6.07. The second-order valence-corrected chi connectivity index (χ2v) is 10.3. The monoisotopic (exact) mass is 494 g/mol. The zero-order valence-corrected chi connectivity index (χ0v) is 19.4. The van der Waals surface area contributed by atoms with Gasteiger partial charge in [0.1, 0.15) is 6.54 Å². The van der Waals surface area contributed by atoms with Crippen molar-refractivity contribution in [3.05, 3.63) is 81.9 Å². The number of benzene rings is 2. The van der Waals surface area contributed by atoms with Crippen LogP contribution < -0.4 is 0 Å². The zero-order valence-electron chi connectivity index (χ0n) is 17.9.